The normalized spacial score (nSPS) is 11.3. The van der Waals surface area contributed by atoms with Crippen molar-refractivity contribution in [1.29, 1.82) is 0 Å². The summed E-state index contributed by atoms with van der Waals surface area (Å²) in [5.74, 6) is 0.106. The Labute approximate surface area is 144 Å². The SMILES string of the molecule is Cc1cnc(Cn2[nH]c(=S)c3c(Cl)nc(N)nc32)c(C)c1Br. The second-order valence-corrected chi connectivity index (χ2v) is 6.48. The van der Waals surface area contributed by atoms with Gasteiger partial charge in [-0.3, -0.25) is 14.8 Å². The van der Waals surface area contributed by atoms with E-state index in [4.69, 9.17) is 29.6 Å². The van der Waals surface area contributed by atoms with Crippen LogP contribution in [-0.2, 0) is 6.54 Å². The van der Waals surface area contributed by atoms with Crippen LogP contribution in [0.5, 0.6) is 0 Å². The van der Waals surface area contributed by atoms with Crippen LogP contribution in [0.25, 0.3) is 11.0 Å². The number of hydrogen-bond acceptors (Lipinski definition) is 5. The minimum absolute atomic E-state index is 0.106. The lowest BCUT2D eigenvalue weighted by atomic mass is 10.1. The van der Waals surface area contributed by atoms with Crippen molar-refractivity contribution in [2.45, 2.75) is 20.4 Å². The molecule has 22 heavy (non-hydrogen) atoms. The van der Waals surface area contributed by atoms with Crippen LogP contribution in [0.1, 0.15) is 16.8 Å². The minimum Gasteiger partial charge on any atom is -0.368 e. The number of nitrogen functional groups attached to an aromatic ring is 1. The monoisotopic (exact) mass is 398 g/mol. The number of nitrogens with one attached hydrogen (secondary N) is 1. The highest BCUT2D eigenvalue weighted by molar-refractivity contribution is 9.10. The maximum absolute atomic E-state index is 6.11. The van der Waals surface area contributed by atoms with Crippen LogP contribution < -0.4 is 5.73 Å². The maximum atomic E-state index is 6.11. The lowest BCUT2D eigenvalue weighted by molar-refractivity contribution is 0.681. The zero-order valence-electron chi connectivity index (χ0n) is 11.8. The molecule has 0 aliphatic carbocycles. The molecule has 0 aliphatic heterocycles. The molecule has 9 heteroatoms. The molecule has 0 unspecified atom stereocenters. The van der Waals surface area contributed by atoms with Crippen LogP contribution in [0.4, 0.5) is 5.95 Å². The third kappa shape index (κ3) is 2.51. The zero-order chi connectivity index (χ0) is 16.0. The third-order valence-electron chi connectivity index (χ3n) is 3.41. The Morgan fingerprint density at radius 1 is 1.41 bits per heavy atom. The lowest BCUT2D eigenvalue weighted by Gasteiger charge is -2.10. The van der Waals surface area contributed by atoms with Gasteiger partial charge < -0.3 is 5.73 Å². The van der Waals surface area contributed by atoms with Crippen molar-refractivity contribution in [3.05, 3.63) is 37.3 Å². The molecule has 3 heterocycles. The van der Waals surface area contributed by atoms with E-state index >= 15 is 0 Å². The molecule has 0 fully saturated rings. The molecule has 0 amide bonds. The highest BCUT2D eigenvalue weighted by atomic mass is 79.9. The quantitative estimate of drug-likeness (QED) is 0.508. The van der Waals surface area contributed by atoms with Crippen molar-refractivity contribution in [3.63, 3.8) is 0 Å². The first-order chi connectivity index (χ1) is 10.4. The Hall–Kier alpha value is -1.51. The summed E-state index contributed by atoms with van der Waals surface area (Å²) in [7, 11) is 0. The number of H-pyrrole nitrogens is 1. The fourth-order valence-corrected chi connectivity index (χ4v) is 3.19. The van der Waals surface area contributed by atoms with Gasteiger partial charge in [0.2, 0.25) is 5.95 Å². The third-order valence-corrected chi connectivity index (χ3v) is 5.20. The van der Waals surface area contributed by atoms with E-state index in [1.54, 1.807) is 4.68 Å². The topological polar surface area (TPSA) is 85.4 Å². The van der Waals surface area contributed by atoms with Gasteiger partial charge >= 0.3 is 0 Å². The van der Waals surface area contributed by atoms with Gasteiger partial charge in [0.15, 0.2) is 5.65 Å². The number of rotatable bonds is 2. The Morgan fingerprint density at radius 2 is 2.14 bits per heavy atom. The molecule has 0 spiro atoms. The van der Waals surface area contributed by atoms with Crippen molar-refractivity contribution in [2.24, 2.45) is 0 Å². The molecule has 0 aromatic carbocycles. The first kappa shape index (κ1) is 15.4. The summed E-state index contributed by atoms with van der Waals surface area (Å²) in [6.45, 7) is 4.49. The average molecular weight is 400 g/mol. The van der Waals surface area contributed by atoms with E-state index in [1.807, 2.05) is 20.0 Å². The number of fused-ring (bicyclic) bond motifs is 1. The van der Waals surface area contributed by atoms with Crippen molar-refractivity contribution < 1.29 is 0 Å². The number of pyridine rings is 1. The van der Waals surface area contributed by atoms with Gasteiger partial charge in [-0.1, -0.05) is 39.7 Å². The Morgan fingerprint density at radius 3 is 2.86 bits per heavy atom. The smallest absolute Gasteiger partial charge is 0.223 e. The molecule has 3 aromatic rings. The van der Waals surface area contributed by atoms with Crippen LogP contribution in [0.2, 0.25) is 5.15 Å². The van der Waals surface area contributed by atoms with Crippen LogP contribution in [0.15, 0.2) is 10.7 Å². The summed E-state index contributed by atoms with van der Waals surface area (Å²) in [6, 6.07) is 0. The molecule has 3 aromatic heterocycles. The highest BCUT2D eigenvalue weighted by Crippen LogP contribution is 2.25. The molecule has 114 valence electrons. The summed E-state index contributed by atoms with van der Waals surface area (Å²) in [5, 5.41) is 3.90. The molecule has 3 N–H and O–H groups in total. The van der Waals surface area contributed by atoms with Crippen LogP contribution in [0, 0.1) is 18.5 Å². The summed E-state index contributed by atoms with van der Waals surface area (Å²) in [5.41, 5.74) is 9.29. The van der Waals surface area contributed by atoms with Crippen molar-refractivity contribution in [1.82, 2.24) is 24.7 Å². The number of aromatic amines is 1. The fourth-order valence-electron chi connectivity index (χ4n) is 2.23. The van der Waals surface area contributed by atoms with Gasteiger partial charge in [0, 0.05) is 10.7 Å². The molecular weight excluding hydrogens is 388 g/mol. The number of nitrogens with zero attached hydrogens (tertiary/aromatic N) is 4. The molecular formula is C13H12BrClN6S. The predicted molar refractivity (Wildman–Crippen MR) is 92.6 cm³/mol. The zero-order valence-corrected chi connectivity index (χ0v) is 15.0. The summed E-state index contributed by atoms with van der Waals surface area (Å²) in [6.07, 6.45) is 1.82. The van der Waals surface area contributed by atoms with Crippen LogP contribution >= 0.6 is 39.7 Å². The van der Waals surface area contributed by atoms with Gasteiger partial charge in [-0.05, 0) is 25.0 Å². The molecule has 0 radical (unpaired) electrons. The molecule has 0 bridgehead atoms. The van der Waals surface area contributed by atoms with Crippen LogP contribution in [-0.4, -0.2) is 24.7 Å². The lowest BCUT2D eigenvalue weighted by Crippen LogP contribution is -2.08. The number of aryl methyl sites for hydroxylation is 1. The predicted octanol–water partition coefficient (Wildman–Crippen LogP) is 3.55. The van der Waals surface area contributed by atoms with E-state index < -0.39 is 0 Å². The van der Waals surface area contributed by atoms with E-state index in [1.165, 1.54) is 0 Å². The maximum Gasteiger partial charge on any atom is 0.223 e. The second kappa shape index (κ2) is 5.60. The van der Waals surface area contributed by atoms with E-state index in [0.29, 0.717) is 22.2 Å². The number of anilines is 1. The number of halogens is 2. The Kier molecular flexibility index (Phi) is 3.92. The van der Waals surface area contributed by atoms with Gasteiger partial charge in [-0.2, -0.15) is 4.98 Å². The molecule has 0 saturated heterocycles. The van der Waals surface area contributed by atoms with E-state index in [-0.39, 0.29) is 11.1 Å². The van der Waals surface area contributed by atoms with E-state index in [9.17, 15) is 0 Å². The van der Waals surface area contributed by atoms with E-state index in [0.717, 1.165) is 21.3 Å². The van der Waals surface area contributed by atoms with Crippen molar-refractivity contribution >= 4 is 56.7 Å². The van der Waals surface area contributed by atoms with Gasteiger partial charge in [-0.25, -0.2) is 4.98 Å². The minimum atomic E-state index is 0.106. The van der Waals surface area contributed by atoms with Gasteiger partial charge in [0.25, 0.3) is 0 Å². The fraction of sp³-hybridized carbons (Fsp3) is 0.231. The standard InChI is InChI=1S/C13H12BrClN6S/c1-5-3-17-7(6(2)9(5)14)4-21-11-8(12(22)20-21)10(15)18-13(16)19-11/h3H,4H2,1-2H3,(H,20,22)(H2,16,18,19). The summed E-state index contributed by atoms with van der Waals surface area (Å²) in [4.78, 5) is 12.6. The first-order valence-electron chi connectivity index (χ1n) is 6.40. The van der Waals surface area contributed by atoms with Crippen LogP contribution in [0.3, 0.4) is 0 Å². The summed E-state index contributed by atoms with van der Waals surface area (Å²) < 4.78 is 3.29. The van der Waals surface area contributed by atoms with Gasteiger partial charge in [0.1, 0.15) is 9.79 Å². The second-order valence-electron chi connectivity index (χ2n) is 4.93. The molecule has 0 atom stereocenters. The molecule has 6 nitrogen and oxygen atoms in total. The molecule has 0 aliphatic rings. The Balaban J connectivity index is 2.17. The first-order valence-corrected chi connectivity index (χ1v) is 7.98. The van der Waals surface area contributed by atoms with Crippen molar-refractivity contribution in [2.75, 3.05) is 5.73 Å². The van der Waals surface area contributed by atoms with Gasteiger partial charge in [0.05, 0.1) is 17.6 Å². The number of hydrogen-bond donors (Lipinski definition) is 2. The molecule has 3 rings (SSSR count). The average Bonchev–Trinajstić information content (AvgIpc) is 2.76. The number of nitrogens with two attached hydrogens (primary N) is 1. The highest BCUT2D eigenvalue weighted by Gasteiger charge is 2.14. The van der Waals surface area contributed by atoms with Gasteiger partial charge in [-0.15, -0.1) is 0 Å². The number of aromatic nitrogens is 5. The largest absolute Gasteiger partial charge is 0.368 e. The van der Waals surface area contributed by atoms with E-state index in [2.05, 4.69) is 36.0 Å². The molecule has 0 saturated carbocycles. The Bertz CT molecular complexity index is 948. The summed E-state index contributed by atoms with van der Waals surface area (Å²) >= 11 is 15.0. The van der Waals surface area contributed by atoms with Crippen molar-refractivity contribution in [3.8, 4) is 0 Å².